The molecule has 2 aromatic rings. The molecular weight excluding hydrogens is 254 g/mol. The molecule has 0 amide bonds. The summed E-state index contributed by atoms with van der Waals surface area (Å²) >= 11 is 0. The number of nitrogens with zero attached hydrogens (tertiary/aromatic N) is 3. The molecule has 0 radical (unpaired) electrons. The van der Waals surface area contributed by atoms with Crippen LogP contribution in [-0.4, -0.2) is 27.4 Å². The van der Waals surface area contributed by atoms with Gasteiger partial charge in [-0.05, 0) is 24.6 Å². The first kappa shape index (κ1) is 14.1. The fraction of sp³-hybridized carbons (Fsp3) is 0.333. The smallest absolute Gasteiger partial charge is 0.305 e. The van der Waals surface area contributed by atoms with Crippen molar-refractivity contribution in [2.45, 2.75) is 19.9 Å². The zero-order valence-electron chi connectivity index (χ0n) is 11.8. The molecule has 2 rings (SSSR count). The molecule has 1 N–H and O–H groups in total. The van der Waals surface area contributed by atoms with Crippen LogP contribution in [0.3, 0.4) is 0 Å². The van der Waals surface area contributed by atoms with E-state index in [0.717, 1.165) is 16.9 Å². The van der Waals surface area contributed by atoms with E-state index in [1.807, 2.05) is 49.0 Å². The highest BCUT2D eigenvalue weighted by molar-refractivity contribution is 5.68. The molecule has 1 aromatic carbocycles. The lowest BCUT2D eigenvalue weighted by molar-refractivity contribution is -0.136. The van der Waals surface area contributed by atoms with Gasteiger partial charge in [-0.1, -0.05) is 18.2 Å². The third kappa shape index (κ3) is 3.38. The number of hydrogen-bond donors (Lipinski definition) is 1. The van der Waals surface area contributed by atoms with Gasteiger partial charge in [-0.3, -0.25) is 9.48 Å². The highest BCUT2D eigenvalue weighted by Crippen LogP contribution is 2.21. The molecule has 0 aliphatic carbocycles. The number of para-hydroxylation sites is 1. The number of hydrogen-bond acceptors (Lipinski definition) is 3. The molecule has 0 aliphatic heterocycles. The SMILES string of the molecule is Cc1ccccc1N(CCC(=O)O)Cc1ccnn1C. The predicted molar refractivity (Wildman–Crippen MR) is 77.7 cm³/mol. The zero-order valence-corrected chi connectivity index (χ0v) is 11.8. The van der Waals surface area contributed by atoms with Crippen LogP contribution in [0.5, 0.6) is 0 Å². The molecule has 1 aromatic heterocycles. The molecule has 106 valence electrons. The Morgan fingerprint density at radius 3 is 2.70 bits per heavy atom. The lowest BCUT2D eigenvalue weighted by Gasteiger charge is -2.26. The Labute approximate surface area is 118 Å². The standard InChI is InChI=1S/C15H19N3O2/c1-12-5-3-4-6-14(12)18(10-8-15(19)20)11-13-7-9-16-17(13)2/h3-7,9H,8,10-11H2,1-2H3,(H,19,20). The van der Waals surface area contributed by atoms with Crippen LogP contribution in [0, 0.1) is 6.92 Å². The summed E-state index contributed by atoms with van der Waals surface area (Å²) in [7, 11) is 1.89. The molecule has 0 aliphatic rings. The minimum atomic E-state index is -0.784. The lowest BCUT2D eigenvalue weighted by Crippen LogP contribution is -2.27. The Balaban J connectivity index is 2.23. The Morgan fingerprint density at radius 2 is 2.10 bits per heavy atom. The van der Waals surface area contributed by atoms with E-state index < -0.39 is 5.97 Å². The van der Waals surface area contributed by atoms with Gasteiger partial charge in [0.05, 0.1) is 18.7 Å². The number of aromatic nitrogens is 2. The van der Waals surface area contributed by atoms with Crippen molar-refractivity contribution in [3.63, 3.8) is 0 Å². The molecule has 0 unspecified atom stereocenters. The van der Waals surface area contributed by atoms with Gasteiger partial charge in [0.25, 0.3) is 0 Å². The molecule has 5 heteroatoms. The van der Waals surface area contributed by atoms with Crippen molar-refractivity contribution < 1.29 is 9.90 Å². The molecule has 0 bridgehead atoms. The van der Waals surface area contributed by atoms with Crippen LogP contribution in [-0.2, 0) is 18.4 Å². The van der Waals surface area contributed by atoms with Gasteiger partial charge >= 0.3 is 5.97 Å². The van der Waals surface area contributed by atoms with Crippen LogP contribution >= 0.6 is 0 Å². The molecule has 1 heterocycles. The maximum absolute atomic E-state index is 10.8. The average molecular weight is 273 g/mol. The summed E-state index contributed by atoms with van der Waals surface area (Å²) in [5, 5.41) is 13.1. The highest BCUT2D eigenvalue weighted by atomic mass is 16.4. The number of aliphatic carboxylic acids is 1. The summed E-state index contributed by atoms with van der Waals surface area (Å²) in [5.74, 6) is -0.784. The number of carbonyl (C=O) groups is 1. The van der Waals surface area contributed by atoms with Crippen molar-refractivity contribution >= 4 is 11.7 Å². The fourth-order valence-corrected chi connectivity index (χ4v) is 2.19. The maximum atomic E-state index is 10.8. The maximum Gasteiger partial charge on any atom is 0.305 e. The topological polar surface area (TPSA) is 58.4 Å². The second kappa shape index (κ2) is 6.23. The Hall–Kier alpha value is -2.30. The van der Waals surface area contributed by atoms with Crippen LogP contribution in [0.15, 0.2) is 36.5 Å². The summed E-state index contributed by atoms with van der Waals surface area (Å²) in [6.45, 7) is 3.16. The molecule has 5 nitrogen and oxygen atoms in total. The summed E-state index contributed by atoms with van der Waals surface area (Å²) < 4.78 is 1.81. The number of rotatable bonds is 6. The van der Waals surface area contributed by atoms with Gasteiger partial charge in [0, 0.05) is 25.5 Å². The van der Waals surface area contributed by atoms with Crippen molar-refractivity contribution in [2.75, 3.05) is 11.4 Å². The van der Waals surface area contributed by atoms with Gasteiger partial charge in [0.15, 0.2) is 0 Å². The number of benzene rings is 1. The van der Waals surface area contributed by atoms with Crippen molar-refractivity contribution in [2.24, 2.45) is 7.05 Å². The van der Waals surface area contributed by atoms with E-state index in [4.69, 9.17) is 5.11 Å². The molecule has 20 heavy (non-hydrogen) atoms. The van der Waals surface area contributed by atoms with E-state index in [2.05, 4.69) is 10.00 Å². The van der Waals surface area contributed by atoms with Crippen molar-refractivity contribution in [1.82, 2.24) is 9.78 Å². The van der Waals surface area contributed by atoms with E-state index in [1.165, 1.54) is 0 Å². The minimum Gasteiger partial charge on any atom is -0.481 e. The number of carboxylic acids is 1. The molecule has 0 atom stereocenters. The number of carboxylic acid groups (broad SMARTS) is 1. The normalized spacial score (nSPS) is 10.5. The zero-order chi connectivity index (χ0) is 14.5. The van der Waals surface area contributed by atoms with Crippen molar-refractivity contribution in [3.8, 4) is 0 Å². The van der Waals surface area contributed by atoms with Gasteiger partial charge in [0.2, 0.25) is 0 Å². The van der Waals surface area contributed by atoms with Gasteiger partial charge in [0.1, 0.15) is 0 Å². The highest BCUT2D eigenvalue weighted by Gasteiger charge is 2.13. The second-order valence-electron chi connectivity index (χ2n) is 4.80. The van der Waals surface area contributed by atoms with Crippen LogP contribution in [0.1, 0.15) is 17.7 Å². The summed E-state index contributed by atoms with van der Waals surface area (Å²) in [5.41, 5.74) is 3.26. The Morgan fingerprint density at radius 1 is 1.35 bits per heavy atom. The second-order valence-corrected chi connectivity index (χ2v) is 4.80. The Bertz CT molecular complexity index is 592. The lowest BCUT2D eigenvalue weighted by atomic mass is 10.1. The van der Waals surface area contributed by atoms with Crippen LogP contribution < -0.4 is 4.90 Å². The quantitative estimate of drug-likeness (QED) is 0.876. The van der Waals surface area contributed by atoms with E-state index in [0.29, 0.717) is 13.1 Å². The summed E-state index contributed by atoms with van der Waals surface area (Å²) in [6, 6.07) is 9.96. The Kier molecular flexibility index (Phi) is 4.40. The van der Waals surface area contributed by atoms with Crippen LogP contribution in [0.2, 0.25) is 0 Å². The van der Waals surface area contributed by atoms with Crippen molar-refractivity contribution in [1.29, 1.82) is 0 Å². The first-order valence-electron chi connectivity index (χ1n) is 6.57. The van der Waals surface area contributed by atoms with E-state index in [-0.39, 0.29) is 6.42 Å². The largest absolute Gasteiger partial charge is 0.481 e. The molecule has 0 fully saturated rings. The first-order valence-corrected chi connectivity index (χ1v) is 6.57. The average Bonchev–Trinajstić information content (AvgIpc) is 2.81. The van der Waals surface area contributed by atoms with Gasteiger partial charge in [-0.25, -0.2) is 0 Å². The molecule has 0 saturated carbocycles. The fourth-order valence-electron chi connectivity index (χ4n) is 2.19. The van der Waals surface area contributed by atoms with E-state index in [1.54, 1.807) is 6.20 Å². The third-order valence-electron chi connectivity index (χ3n) is 3.33. The minimum absolute atomic E-state index is 0.117. The summed E-state index contributed by atoms with van der Waals surface area (Å²) in [6.07, 6.45) is 1.87. The molecule has 0 spiro atoms. The van der Waals surface area contributed by atoms with Crippen LogP contribution in [0.25, 0.3) is 0 Å². The number of aryl methyl sites for hydroxylation is 2. The van der Waals surface area contributed by atoms with Gasteiger partial charge < -0.3 is 10.0 Å². The summed E-state index contributed by atoms with van der Waals surface area (Å²) in [4.78, 5) is 12.9. The van der Waals surface area contributed by atoms with Crippen molar-refractivity contribution in [3.05, 3.63) is 47.8 Å². The molecular formula is C15H19N3O2. The van der Waals surface area contributed by atoms with Gasteiger partial charge in [-0.2, -0.15) is 5.10 Å². The predicted octanol–water partition coefficient (Wildman–Crippen LogP) is 2.21. The monoisotopic (exact) mass is 273 g/mol. The first-order chi connectivity index (χ1) is 9.58. The number of anilines is 1. The molecule has 0 saturated heterocycles. The van der Waals surface area contributed by atoms with E-state index >= 15 is 0 Å². The van der Waals surface area contributed by atoms with Gasteiger partial charge in [-0.15, -0.1) is 0 Å². The van der Waals surface area contributed by atoms with Crippen LogP contribution in [0.4, 0.5) is 5.69 Å². The third-order valence-corrected chi connectivity index (χ3v) is 3.33. The van der Waals surface area contributed by atoms with E-state index in [9.17, 15) is 4.79 Å².